The summed E-state index contributed by atoms with van der Waals surface area (Å²) in [7, 11) is 1.49. The molecule has 2 aromatic rings. The molecule has 1 unspecified atom stereocenters. The van der Waals surface area contributed by atoms with Crippen LogP contribution in [-0.4, -0.2) is 22.3 Å². The van der Waals surface area contributed by atoms with E-state index in [1.165, 1.54) is 19.4 Å². The Morgan fingerprint density at radius 3 is 2.72 bits per heavy atom. The third-order valence-electron chi connectivity index (χ3n) is 2.45. The van der Waals surface area contributed by atoms with Crippen molar-refractivity contribution in [2.75, 3.05) is 7.11 Å². The van der Waals surface area contributed by atoms with Gasteiger partial charge in [0, 0.05) is 17.8 Å². The highest BCUT2D eigenvalue weighted by atomic mass is 19.1. The molecule has 0 radical (unpaired) electrons. The maximum atomic E-state index is 13.6. The number of ether oxygens (including phenoxy) is 1. The third kappa shape index (κ3) is 2.41. The van der Waals surface area contributed by atoms with Crippen LogP contribution in [0.1, 0.15) is 17.3 Å². The van der Waals surface area contributed by atoms with Crippen molar-refractivity contribution in [1.29, 1.82) is 0 Å². The molecule has 2 heterocycles. The minimum absolute atomic E-state index is 0.354. The van der Waals surface area contributed by atoms with Crippen molar-refractivity contribution in [1.82, 2.24) is 20.6 Å². The Hall–Kier alpha value is -2.12. The minimum Gasteiger partial charge on any atom is -0.480 e. The van der Waals surface area contributed by atoms with Gasteiger partial charge < -0.3 is 4.74 Å². The second kappa shape index (κ2) is 5.48. The van der Waals surface area contributed by atoms with Gasteiger partial charge in [-0.15, -0.1) is 10.2 Å². The fourth-order valence-corrected chi connectivity index (χ4v) is 1.55. The van der Waals surface area contributed by atoms with Crippen molar-refractivity contribution >= 4 is 0 Å². The van der Waals surface area contributed by atoms with Crippen LogP contribution in [0, 0.1) is 5.82 Å². The summed E-state index contributed by atoms with van der Waals surface area (Å²) in [4.78, 5) is 3.68. The fraction of sp³-hybridized carbons (Fsp3) is 0.182. The van der Waals surface area contributed by atoms with Crippen molar-refractivity contribution in [2.24, 2.45) is 5.84 Å². The Morgan fingerprint density at radius 1 is 1.33 bits per heavy atom. The van der Waals surface area contributed by atoms with Crippen molar-refractivity contribution in [3.63, 3.8) is 0 Å². The molecule has 0 aliphatic rings. The molecule has 2 rings (SSSR count). The van der Waals surface area contributed by atoms with Crippen molar-refractivity contribution in [2.45, 2.75) is 6.04 Å². The highest BCUT2D eigenvalue weighted by Crippen LogP contribution is 2.21. The van der Waals surface area contributed by atoms with E-state index in [0.29, 0.717) is 17.1 Å². The van der Waals surface area contributed by atoms with Gasteiger partial charge in [-0.3, -0.25) is 10.8 Å². The Bertz CT molecular complexity index is 519. The molecule has 6 nitrogen and oxygen atoms in total. The number of pyridine rings is 1. The van der Waals surface area contributed by atoms with E-state index in [4.69, 9.17) is 10.6 Å². The van der Waals surface area contributed by atoms with E-state index in [1.807, 2.05) is 0 Å². The van der Waals surface area contributed by atoms with E-state index in [-0.39, 0.29) is 0 Å². The lowest BCUT2D eigenvalue weighted by Crippen LogP contribution is -2.30. The maximum absolute atomic E-state index is 13.6. The second-order valence-corrected chi connectivity index (χ2v) is 3.50. The number of rotatable bonds is 4. The first-order valence-electron chi connectivity index (χ1n) is 5.19. The molecule has 0 spiro atoms. The van der Waals surface area contributed by atoms with Crippen LogP contribution in [0.4, 0.5) is 4.39 Å². The third-order valence-corrected chi connectivity index (χ3v) is 2.45. The van der Waals surface area contributed by atoms with Crippen LogP contribution in [0.2, 0.25) is 0 Å². The highest BCUT2D eigenvalue weighted by Gasteiger charge is 2.18. The van der Waals surface area contributed by atoms with Crippen LogP contribution in [-0.2, 0) is 0 Å². The predicted molar refractivity (Wildman–Crippen MR) is 61.9 cm³/mol. The molecule has 0 aliphatic carbocycles. The molecule has 94 valence electrons. The summed E-state index contributed by atoms with van der Waals surface area (Å²) in [5, 5.41) is 7.75. The molecular formula is C11H12FN5O. The topological polar surface area (TPSA) is 86.0 Å². The van der Waals surface area contributed by atoms with Crippen molar-refractivity contribution < 1.29 is 9.13 Å². The van der Waals surface area contributed by atoms with Crippen molar-refractivity contribution in [3.05, 3.63) is 47.7 Å². The van der Waals surface area contributed by atoms with Gasteiger partial charge in [0.2, 0.25) is 5.88 Å². The zero-order valence-electron chi connectivity index (χ0n) is 9.67. The van der Waals surface area contributed by atoms with Gasteiger partial charge in [0.05, 0.1) is 25.0 Å². The lowest BCUT2D eigenvalue weighted by Gasteiger charge is -2.15. The van der Waals surface area contributed by atoms with Crippen LogP contribution in [0.15, 0.2) is 30.6 Å². The minimum atomic E-state index is -0.591. The molecule has 0 aromatic carbocycles. The molecule has 18 heavy (non-hydrogen) atoms. The van der Waals surface area contributed by atoms with E-state index in [9.17, 15) is 4.39 Å². The van der Waals surface area contributed by atoms with E-state index in [2.05, 4.69) is 20.6 Å². The van der Waals surface area contributed by atoms with Gasteiger partial charge in [-0.1, -0.05) is 0 Å². The quantitative estimate of drug-likeness (QED) is 0.608. The number of halogens is 1. The first kappa shape index (κ1) is 12.3. The predicted octanol–water partition coefficient (Wildman–Crippen LogP) is 0.572. The standard InChI is InChI=1S/C11H12FN5O/c1-18-10-3-2-9(16-17-10)11(15-13)7-4-5-14-6-8(7)12/h2-6,11,15H,13H2,1H3. The van der Waals surface area contributed by atoms with Gasteiger partial charge >= 0.3 is 0 Å². The van der Waals surface area contributed by atoms with Crippen LogP contribution in [0.3, 0.4) is 0 Å². The highest BCUT2D eigenvalue weighted by molar-refractivity contribution is 5.27. The molecule has 2 aromatic heterocycles. The lowest BCUT2D eigenvalue weighted by atomic mass is 10.1. The van der Waals surface area contributed by atoms with Crippen LogP contribution in [0.25, 0.3) is 0 Å². The number of hydrogen-bond acceptors (Lipinski definition) is 6. The van der Waals surface area contributed by atoms with Crippen molar-refractivity contribution in [3.8, 4) is 5.88 Å². The molecule has 3 N–H and O–H groups in total. The first-order valence-corrected chi connectivity index (χ1v) is 5.19. The smallest absolute Gasteiger partial charge is 0.233 e. The summed E-state index contributed by atoms with van der Waals surface area (Å²) in [6.45, 7) is 0. The number of hydrogen-bond donors (Lipinski definition) is 2. The van der Waals surface area contributed by atoms with Gasteiger partial charge in [0.25, 0.3) is 0 Å². The Kier molecular flexibility index (Phi) is 3.75. The maximum Gasteiger partial charge on any atom is 0.233 e. The van der Waals surface area contributed by atoms with E-state index < -0.39 is 11.9 Å². The SMILES string of the molecule is COc1ccc(C(NN)c2ccncc2F)nn1. The molecule has 0 aliphatic heterocycles. The zero-order chi connectivity index (χ0) is 13.0. The van der Waals surface area contributed by atoms with E-state index >= 15 is 0 Å². The largest absolute Gasteiger partial charge is 0.480 e. The lowest BCUT2D eigenvalue weighted by molar-refractivity contribution is 0.390. The van der Waals surface area contributed by atoms with Gasteiger partial charge in [0.15, 0.2) is 0 Å². The number of nitrogens with one attached hydrogen (secondary N) is 1. The van der Waals surface area contributed by atoms with Gasteiger partial charge in [-0.25, -0.2) is 9.82 Å². The van der Waals surface area contributed by atoms with Gasteiger partial charge in [-0.05, 0) is 12.1 Å². The molecule has 0 amide bonds. The summed E-state index contributed by atoms with van der Waals surface area (Å²) >= 11 is 0. The zero-order valence-corrected chi connectivity index (χ0v) is 9.67. The average molecular weight is 249 g/mol. The fourth-order valence-electron chi connectivity index (χ4n) is 1.55. The molecule has 0 bridgehead atoms. The number of nitrogens with two attached hydrogens (primary N) is 1. The average Bonchev–Trinajstić information content (AvgIpc) is 2.42. The van der Waals surface area contributed by atoms with E-state index in [1.54, 1.807) is 12.1 Å². The van der Waals surface area contributed by atoms with Crippen LogP contribution >= 0.6 is 0 Å². The Balaban J connectivity index is 2.36. The second-order valence-electron chi connectivity index (χ2n) is 3.50. The summed E-state index contributed by atoms with van der Waals surface area (Å²) in [6, 6.07) is 4.24. The molecule has 0 fully saturated rings. The Labute approximate surface area is 103 Å². The van der Waals surface area contributed by atoms with Crippen LogP contribution in [0.5, 0.6) is 5.88 Å². The summed E-state index contributed by atoms with van der Waals surface area (Å²) in [5.41, 5.74) is 3.34. The molecule has 1 atom stereocenters. The normalized spacial score (nSPS) is 12.2. The molecule has 0 saturated carbocycles. The molecular weight excluding hydrogens is 237 g/mol. The van der Waals surface area contributed by atoms with Gasteiger partial charge in [0.1, 0.15) is 5.82 Å². The molecule has 7 heteroatoms. The number of aromatic nitrogens is 3. The summed E-state index contributed by atoms with van der Waals surface area (Å²) in [6.07, 6.45) is 2.61. The number of nitrogens with zero attached hydrogens (tertiary/aromatic N) is 3. The molecule has 0 saturated heterocycles. The summed E-state index contributed by atoms with van der Waals surface area (Å²) < 4.78 is 18.5. The summed E-state index contributed by atoms with van der Waals surface area (Å²) in [5.74, 6) is 5.36. The Morgan fingerprint density at radius 2 is 2.17 bits per heavy atom. The monoisotopic (exact) mass is 249 g/mol. The first-order chi connectivity index (χ1) is 8.76. The van der Waals surface area contributed by atoms with E-state index in [0.717, 1.165) is 6.20 Å². The van der Waals surface area contributed by atoms with Crippen LogP contribution < -0.4 is 16.0 Å². The number of hydrazine groups is 1. The number of methoxy groups -OCH3 is 1. The van der Waals surface area contributed by atoms with Gasteiger partial charge in [-0.2, -0.15) is 0 Å².